The lowest BCUT2D eigenvalue weighted by atomic mass is 9.87. The van der Waals surface area contributed by atoms with Gasteiger partial charge in [0.25, 0.3) is 0 Å². The Bertz CT molecular complexity index is 922. The van der Waals surface area contributed by atoms with E-state index in [1.807, 2.05) is 18.3 Å². The van der Waals surface area contributed by atoms with E-state index in [-0.39, 0.29) is 35.7 Å². The number of fused-ring (bicyclic) bond motifs is 3. The van der Waals surface area contributed by atoms with Crippen molar-refractivity contribution in [2.24, 2.45) is 11.8 Å². The lowest BCUT2D eigenvalue weighted by molar-refractivity contribution is -0.139. The molecule has 28 heavy (non-hydrogen) atoms. The first-order valence-electron chi connectivity index (χ1n) is 9.89. The molecule has 5 rings (SSSR count). The quantitative estimate of drug-likeness (QED) is 0.751. The summed E-state index contributed by atoms with van der Waals surface area (Å²) in [4.78, 5) is 33.7. The molecule has 0 radical (unpaired) electrons. The van der Waals surface area contributed by atoms with Crippen molar-refractivity contribution in [3.8, 4) is 11.1 Å². The van der Waals surface area contributed by atoms with Gasteiger partial charge in [0.05, 0.1) is 17.5 Å². The summed E-state index contributed by atoms with van der Waals surface area (Å²) in [6, 6.07) is 6.36. The predicted octanol–water partition coefficient (Wildman–Crippen LogP) is 3.29. The van der Waals surface area contributed by atoms with Gasteiger partial charge in [-0.05, 0) is 53.9 Å². The first kappa shape index (κ1) is 17.8. The van der Waals surface area contributed by atoms with Crippen molar-refractivity contribution in [2.45, 2.75) is 31.3 Å². The van der Waals surface area contributed by atoms with E-state index in [0.717, 1.165) is 37.1 Å². The van der Waals surface area contributed by atoms with Crippen LogP contribution in [0.2, 0.25) is 0 Å². The van der Waals surface area contributed by atoms with Crippen molar-refractivity contribution < 1.29 is 9.59 Å². The van der Waals surface area contributed by atoms with Gasteiger partial charge >= 0.3 is 0 Å². The maximum atomic E-state index is 12.8. The van der Waals surface area contributed by atoms with Gasteiger partial charge in [0, 0.05) is 30.9 Å². The minimum atomic E-state index is -0.248. The Kier molecular flexibility index (Phi) is 4.40. The summed E-state index contributed by atoms with van der Waals surface area (Å²) >= 11 is 1.67. The van der Waals surface area contributed by atoms with Gasteiger partial charge in [0.1, 0.15) is 0 Å². The van der Waals surface area contributed by atoms with E-state index >= 15 is 0 Å². The van der Waals surface area contributed by atoms with Crippen molar-refractivity contribution >= 4 is 29.2 Å². The van der Waals surface area contributed by atoms with Gasteiger partial charge in [0.2, 0.25) is 11.8 Å². The second-order valence-electron chi connectivity index (χ2n) is 7.92. The second kappa shape index (κ2) is 6.94. The van der Waals surface area contributed by atoms with Crippen molar-refractivity contribution in [2.75, 3.05) is 13.6 Å². The Labute approximate surface area is 168 Å². The fourth-order valence-corrected chi connectivity index (χ4v) is 5.76. The number of hydrogen-bond acceptors (Lipinski definition) is 5. The molecule has 0 unspecified atom stereocenters. The van der Waals surface area contributed by atoms with Crippen LogP contribution in [0, 0.1) is 11.8 Å². The van der Waals surface area contributed by atoms with Crippen molar-refractivity contribution in [3.63, 3.8) is 0 Å². The molecular formula is C22H23N3O2S. The number of likely N-dealkylation sites (tertiary alicyclic amines) is 1. The van der Waals surface area contributed by atoms with Gasteiger partial charge in [-0.3, -0.25) is 24.4 Å². The minimum Gasteiger partial charge on any atom is -0.292 e. The molecule has 144 valence electrons. The number of thiophene rings is 1. The maximum Gasteiger partial charge on any atom is 0.234 e. The van der Waals surface area contributed by atoms with Crippen LogP contribution in [0.1, 0.15) is 25.0 Å². The molecule has 0 aromatic carbocycles. The Morgan fingerprint density at radius 3 is 2.71 bits per heavy atom. The fraction of sp³-hybridized carbons (Fsp3) is 0.409. The van der Waals surface area contributed by atoms with Crippen molar-refractivity contribution in [1.82, 2.24) is 14.8 Å². The van der Waals surface area contributed by atoms with E-state index in [2.05, 4.69) is 38.9 Å². The zero-order valence-electron chi connectivity index (χ0n) is 15.8. The number of piperidine rings is 1. The highest BCUT2D eigenvalue weighted by Crippen LogP contribution is 2.46. The monoisotopic (exact) mass is 393 g/mol. The van der Waals surface area contributed by atoms with Gasteiger partial charge < -0.3 is 0 Å². The van der Waals surface area contributed by atoms with E-state index < -0.39 is 0 Å². The molecule has 4 atom stereocenters. The molecule has 0 N–H and O–H groups in total. The molecule has 3 saturated heterocycles. The largest absolute Gasteiger partial charge is 0.292 e. The predicted molar refractivity (Wildman–Crippen MR) is 109 cm³/mol. The lowest BCUT2D eigenvalue weighted by Crippen LogP contribution is -2.45. The molecule has 2 aromatic rings. The Balaban J connectivity index is 1.41. The van der Waals surface area contributed by atoms with Crippen LogP contribution < -0.4 is 0 Å². The van der Waals surface area contributed by atoms with Crippen molar-refractivity contribution in [1.29, 1.82) is 0 Å². The number of aromatic nitrogens is 1. The average Bonchev–Trinajstić information content (AvgIpc) is 3.42. The summed E-state index contributed by atoms with van der Waals surface area (Å²) in [5.74, 6) is -0.454. The maximum absolute atomic E-state index is 12.8. The van der Waals surface area contributed by atoms with Crippen LogP contribution in [0.4, 0.5) is 0 Å². The third-order valence-corrected chi connectivity index (χ3v) is 7.16. The summed E-state index contributed by atoms with van der Waals surface area (Å²) in [6.07, 6.45) is 9.27. The molecule has 2 aromatic heterocycles. The SMILES string of the molecule is CN1C(=O)[C@@H]2[C@H](C1=O)[C@H](/C=C/c1ccc(-c3ccsc3)cn1)N1CCCC[C@@H]21. The average molecular weight is 394 g/mol. The van der Waals surface area contributed by atoms with Crippen LogP contribution in [-0.2, 0) is 9.59 Å². The second-order valence-corrected chi connectivity index (χ2v) is 8.70. The van der Waals surface area contributed by atoms with Gasteiger partial charge in [-0.2, -0.15) is 11.3 Å². The summed E-state index contributed by atoms with van der Waals surface area (Å²) in [5, 5.41) is 4.17. The van der Waals surface area contributed by atoms with E-state index in [4.69, 9.17) is 0 Å². The van der Waals surface area contributed by atoms with E-state index in [1.165, 1.54) is 10.5 Å². The smallest absolute Gasteiger partial charge is 0.234 e. The number of carbonyl (C=O) groups excluding carboxylic acids is 2. The number of imide groups is 1. The molecule has 0 spiro atoms. The third kappa shape index (κ3) is 2.74. The van der Waals surface area contributed by atoms with Gasteiger partial charge in [-0.1, -0.05) is 18.6 Å². The molecule has 3 aliphatic heterocycles. The zero-order chi connectivity index (χ0) is 19.3. The Morgan fingerprint density at radius 1 is 1.11 bits per heavy atom. The van der Waals surface area contributed by atoms with Crippen LogP contribution in [0.3, 0.4) is 0 Å². The first-order valence-corrected chi connectivity index (χ1v) is 10.8. The molecular weight excluding hydrogens is 370 g/mol. The number of pyridine rings is 1. The highest BCUT2D eigenvalue weighted by molar-refractivity contribution is 7.08. The summed E-state index contributed by atoms with van der Waals surface area (Å²) in [7, 11) is 1.63. The van der Waals surface area contributed by atoms with Crippen LogP contribution in [-0.4, -0.2) is 52.3 Å². The fourth-order valence-electron chi connectivity index (χ4n) is 5.10. The number of rotatable bonds is 3. The van der Waals surface area contributed by atoms with Crippen LogP contribution >= 0.6 is 11.3 Å². The standard InChI is InChI=1S/C22H23N3O2S/c1-24-21(26)19-17-4-2-3-10-25(17)18(20(19)22(24)27)8-7-16-6-5-14(12-23-16)15-9-11-28-13-15/h5-9,11-13,17-20H,2-4,10H2,1H3/b8-7+/t17-,18-,19-,20+/m0/s1. The zero-order valence-corrected chi connectivity index (χ0v) is 16.6. The highest BCUT2D eigenvalue weighted by atomic mass is 32.1. The number of hydrogen-bond donors (Lipinski definition) is 0. The molecule has 3 fully saturated rings. The number of nitrogens with zero attached hydrogens (tertiary/aromatic N) is 3. The van der Waals surface area contributed by atoms with E-state index in [1.54, 1.807) is 18.4 Å². The third-order valence-electron chi connectivity index (χ3n) is 6.48. The van der Waals surface area contributed by atoms with Crippen LogP contribution in [0.15, 0.2) is 41.2 Å². The topological polar surface area (TPSA) is 53.5 Å². The van der Waals surface area contributed by atoms with Crippen LogP contribution in [0.5, 0.6) is 0 Å². The normalized spacial score (nSPS) is 30.2. The van der Waals surface area contributed by atoms with Crippen molar-refractivity contribution in [3.05, 3.63) is 46.9 Å². The Morgan fingerprint density at radius 2 is 1.96 bits per heavy atom. The molecule has 2 amide bonds. The van der Waals surface area contributed by atoms with E-state index in [9.17, 15) is 9.59 Å². The summed E-state index contributed by atoms with van der Waals surface area (Å²) in [5.41, 5.74) is 3.16. The molecule has 0 bridgehead atoms. The van der Waals surface area contributed by atoms with Gasteiger partial charge in [0.15, 0.2) is 0 Å². The van der Waals surface area contributed by atoms with Crippen LogP contribution in [0.25, 0.3) is 17.2 Å². The van der Waals surface area contributed by atoms with Gasteiger partial charge in [-0.15, -0.1) is 0 Å². The summed E-state index contributed by atoms with van der Waals surface area (Å²) in [6.45, 7) is 0.960. The molecule has 5 nitrogen and oxygen atoms in total. The number of amides is 2. The molecule has 3 aliphatic rings. The van der Waals surface area contributed by atoms with E-state index in [0.29, 0.717) is 0 Å². The summed E-state index contributed by atoms with van der Waals surface area (Å²) < 4.78 is 0. The Hall–Kier alpha value is -2.31. The lowest BCUT2D eigenvalue weighted by Gasteiger charge is -2.35. The van der Waals surface area contributed by atoms with Gasteiger partial charge in [-0.25, -0.2) is 0 Å². The molecule has 0 saturated carbocycles. The first-order chi connectivity index (χ1) is 13.6. The minimum absolute atomic E-state index is 0.000964. The molecule has 5 heterocycles. The highest BCUT2D eigenvalue weighted by Gasteiger charge is 2.60. The number of carbonyl (C=O) groups is 2. The molecule has 0 aliphatic carbocycles. The molecule has 6 heteroatoms.